The molecule has 0 bridgehead atoms. The fourth-order valence-corrected chi connectivity index (χ4v) is 1.65. The van der Waals surface area contributed by atoms with Crippen molar-refractivity contribution in [3.63, 3.8) is 0 Å². The number of nitrogens with two attached hydrogens (primary N) is 1. The van der Waals surface area contributed by atoms with E-state index in [0.717, 1.165) is 24.5 Å². The van der Waals surface area contributed by atoms with Crippen LogP contribution in [0.3, 0.4) is 0 Å². The number of hydrogen-bond donors (Lipinski definition) is 2. The lowest BCUT2D eigenvalue weighted by Gasteiger charge is -2.14. The van der Waals surface area contributed by atoms with Crippen molar-refractivity contribution in [3.05, 3.63) is 24.3 Å². The molecule has 1 aliphatic rings. The molecule has 0 atom stereocenters. The lowest BCUT2D eigenvalue weighted by atomic mass is 10.1. The van der Waals surface area contributed by atoms with Gasteiger partial charge in [-0.05, 0) is 36.9 Å². The average molecular weight is 206 g/mol. The molecule has 2 rings (SSSR count). The summed E-state index contributed by atoms with van der Waals surface area (Å²) in [5, 5.41) is 3.41. The number of methoxy groups -OCH3 is 1. The van der Waals surface area contributed by atoms with Crippen molar-refractivity contribution >= 4 is 5.69 Å². The minimum atomic E-state index is 0.364. The first-order valence-electron chi connectivity index (χ1n) is 5.36. The topological polar surface area (TPSA) is 47.3 Å². The third-order valence-electron chi connectivity index (χ3n) is 3.13. The normalized spacial score (nSPS) is 17.2. The Kier molecular flexibility index (Phi) is 2.82. The molecule has 3 nitrogen and oxygen atoms in total. The molecule has 3 N–H and O–H groups in total. The molecule has 0 aliphatic heterocycles. The molecule has 82 valence electrons. The van der Waals surface area contributed by atoms with Gasteiger partial charge in [0.05, 0.1) is 7.11 Å². The molecule has 1 aromatic rings. The highest BCUT2D eigenvalue weighted by molar-refractivity contribution is 5.48. The highest BCUT2D eigenvalue weighted by Crippen LogP contribution is 2.44. The molecule has 0 spiro atoms. The first-order valence-corrected chi connectivity index (χ1v) is 5.36. The van der Waals surface area contributed by atoms with Gasteiger partial charge in [-0.1, -0.05) is 6.07 Å². The average Bonchev–Trinajstić information content (AvgIpc) is 3.07. The Labute approximate surface area is 90.6 Å². The van der Waals surface area contributed by atoms with E-state index >= 15 is 0 Å². The fourth-order valence-electron chi connectivity index (χ4n) is 1.65. The maximum absolute atomic E-state index is 5.72. The van der Waals surface area contributed by atoms with Gasteiger partial charge in [0.25, 0.3) is 0 Å². The van der Waals surface area contributed by atoms with Crippen LogP contribution >= 0.6 is 0 Å². The van der Waals surface area contributed by atoms with Crippen molar-refractivity contribution in [1.82, 2.24) is 0 Å². The molecule has 15 heavy (non-hydrogen) atoms. The van der Waals surface area contributed by atoms with Crippen LogP contribution < -0.4 is 15.8 Å². The molecule has 0 saturated heterocycles. The zero-order chi connectivity index (χ0) is 10.7. The molecule has 0 radical (unpaired) electrons. The first-order chi connectivity index (χ1) is 7.28. The van der Waals surface area contributed by atoms with Gasteiger partial charge in [-0.3, -0.25) is 0 Å². The summed E-state index contributed by atoms with van der Waals surface area (Å²) in [7, 11) is 1.68. The van der Waals surface area contributed by atoms with Gasteiger partial charge in [-0.2, -0.15) is 0 Å². The standard InChI is InChI=1S/C12H18N2O/c1-15-11-4-2-3-10(7-11)14-9-12(8-13)5-6-12/h2-4,7,14H,5-6,8-9,13H2,1H3. The summed E-state index contributed by atoms with van der Waals surface area (Å²) in [5.41, 5.74) is 7.19. The molecule has 3 heteroatoms. The Morgan fingerprint density at radius 2 is 2.27 bits per heavy atom. The van der Waals surface area contributed by atoms with E-state index in [9.17, 15) is 0 Å². The van der Waals surface area contributed by atoms with Crippen LogP contribution in [-0.2, 0) is 0 Å². The molecule has 1 saturated carbocycles. The zero-order valence-corrected chi connectivity index (χ0v) is 9.12. The summed E-state index contributed by atoms with van der Waals surface area (Å²) in [4.78, 5) is 0. The van der Waals surface area contributed by atoms with Crippen LogP contribution in [-0.4, -0.2) is 20.2 Å². The summed E-state index contributed by atoms with van der Waals surface area (Å²) in [6.07, 6.45) is 2.50. The number of ether oxygens (including phenoxy) is 1. The van der Waals surface area contributed by atoms with Crippen molar-refractivity contribution < 1.29 is 4.74 Å². The minimum Gasteiger partial charge on any atom is -0.497 e. The van der Waals surface area contributed by atoms with Gasteiger partial charge in [0, 0.05) is 18.3 Å². The Balaban J connectivity index is 1.93. The SMILES string of the molecule is COc1cccc(NCC2(CN)CC2)c1. The van der Waals surface area contributed by atoms with Crippen molar-refractivity contribution in [2.24, 2.45) is 11.1 Å². The maximum atomic E-state index is 5.72. The summed E-state index contributed by atoms with van der Waals surface area (Å²) in [5.74, 6) is 0.887. The van der Waals surface area contributed by atoms with Crippen LogP contribution in [0.2, 0.25) is 0 Å². The van der Waals surface area contributed by atoms with Crippen LogP contribution in [0.1, 0.15) is 12.8 Å². The largest absolute Gasteiger partial charge is 0.497 e. The smallest absolute Gasteiger partial charge is 0.120 e. The van der Waals surface area contributed by atoms with Crippen LogP contribution in [0.15, 0.2) is 24.3 Å². The van der Waals surface area contributed by atoms with Crippen molar-refractivity contribution in [2.75, 3.05) is 25.5 Å². The molecule has 1 aromatic carbocycles. The second-order valence-electron chi connectivity index (χ2n) is 4.29. The maximum Gasteiger partial charge on any atom is 0.120 e. The number of rotatable bonds is 5. The van der Waals surface area contributed by atoms with Gasteiger partial charge in [-0.15, -0.1) is 0 Å². The number of anilines is 1. The van der Waals surface area contributed by atoms with Crippen LogP contribution in [0, 0.1) is 5.41 Å². The van der Waals surface area contributed by atoms with Crippen molar-refractivity contribution in [1.29, 1.82) is 0 Å². The van der Waals surface area contributed by atoms with Crippen LogP contribution in [0.25, 0.3) is 0 Å². The predicted molar refractivity (Wildman–Crippen MR) is 62.2 cm³/mol. The quantitative estimate of drug-likeness (QED) is 0.773. The van der Waals surface area contributed by atoms with E-state index in [1.165, 1.54) is 12.8 Å². The Morgan fingerprint density at radius 3 is 2.87 bits per heavy atom. The zero-order valence-electron chi connectivity index (χ0n) is 9.12. The number of hydrogen-bond acceptors (Lipinski definition) is 3. The van der Waals surface area contributed by atoms with Gasteiger partial charge < -0.3 is 15.8 Å². The first kappa shape index (κ1) is 10.3. The Bertz CT molecular complexity index is 334. The second kappa shape index (κ2) is 4.11. The Morgan fingerprint density at radius 1 is 1.47 bits per heavy atom. The molecule has 0 amide bonds. The summed E-state index contributed by atoms with van der Waals surface area (Å²) >= 11 is 0. The highest BCUT2D eigenvalue weighted by atomic mass is 16.5. The van der Waals surface area contributed by atoms with Crippen LogP contribution in [0.4, 0.5) is 5.69 Å². The van der Waals surface area contributed by atoms with E-state index in [1.54, 1.807) is 7.11 Å². The monoisotopic (exact) mass is 206 g/mol. The molecule has 0 heterocycles. The van der Waals surface area contributed by atoms with Gasteiger partial charge >= 0.3 is 0 Å². The molecule has 1 fully saturated rings. The van der Waals surface area contributed by atoms with Crippen molar-refractivity contribution in [2.45, 2.75) is 12.8 Å². The molecular weight excluding hydrogens is 188 g/mol. The summed E-state index contributed by atoms with van der Waals surface area (Å²) in [6.45, 7) is 1.75. The highest BCUT2D eigenvalue weighted by Gasteiger charge is 2.40. The van der Waals surface area contributed by atoms with Gasteiger partial charge in [0.2, 0.25) is 0 Å². The lowest BCUT2D eigenvalue weighted by Crippen LogP contribution is -2.24. The van der Waals surface area contributed by atoms with E-state index in [-0.39, 0.29) is 0 Å². The molecular formula is C12H18N2O. The van der Waals surface area contributed by atoms with E-state index in [2.05, 4.69) is 11.4 Å². The minimum absolute atomic E-state index is 0.364. The van der Waals surface area contributed by atoms with Gasteiger partial charge in [-0.25, -0.2) is 0 Å². The lowest BCUT2D eigenvalue weighted by molar-refractivity contribution is 0.415. The van der Waals surface area contributed by atoms with E-state index < -0.39 is 0 Å². The second-order valence-corrected chi connectivity index (χ2v) is 4.29. The van der Waals surface area contributed by atoms with Gasteiger partial charge in [0.1, 0.15) is 5.75 Å². The number of nitrogens with one attached hydrogen (secondary N) is 1. The van der Waals surface area contributed by atoms with E-state index in [0.29, 0.717) is 5.41 Å². The van der Waals surface area contributed by atoms with Gasteiger partial charge in [0.15, 0.2) is 0 Å². The molecule has 1 aliphatic carbocycles. The fraction of sp³-hybridized carbons (Fsp3) is 0.500. The predicted octanol–water partition coefficient (Wildman–Crippen LogP) is 1.85. The van der Waals surface area contributed by atoms with Crippen molar-refractivity contribution in [3.8, 4) is 5.75 Å². The van der Waals surface area contributed by atoms with Crippen LogP contribution in [0.5, 0.6) is 5.75 Å². The van der Waals surface area contributed by atoms with E-state index in [4.69, 9.17) is 10.5 Å². The summed E-state index contributed by atoms with van der Waals surface area (Å²) in [6, 6.07) is 7.99. The molecule has 0 unspecified atom stereocenters. The summed E-state index contributed by atoms with van der Waals surface area (Å²) < 4.78 is 5.16. The molecule has 0 aromatic heterocycles. The third-order valence-corrected chi connectivity index (χ3v) is 3.13. The number of benzene rings is 1. The third kappa shape index (κ3) is 2.42. The Hall–Kier alpha value is -1.22. The van der Waals surface area contributed by atoms with E-state index in [1.807, 2.05) is 18.2 Å².